The van der Waals surface area contributed by atoms with Crippen LogP contribution < -0.4 is 0 Å². The number of halogens is 1. The molecule has 0 fully saturated rings. The van der Waals surface area contributed by atoms with Crippen LogP contribution in [0.25, 0.3) is 0 Å². The van der Waals surface area contributed by atoms with Crippen LogP contribution in [0.5, 0.6) is 0 Å². The molecule has 0 spiro atoms. The summed E-state index contributed by atoms with van der Waals surface area (Å²) in [6.07, 6.45) is 1.10. The number of hydrogen-bond acceptors (Lipinski definition) is 3. The second-order valence-electron chi connectivity index (χ2n) is 1.83. The fraction of sp³-hybridized carbons (Fsp3) is 0.200. The van der Waals surface area contributed by atoms with Gasteiger partial charge in [0.1, 0.15) is 0 Å². The van der Waals surface area contributed by atoms with Gasteiger partial charge in [0.2, 0.25) is 14.9 Å². The molecule has 1 aromatic rings. The summed E-state index contributed by atoms with van der Waals surface area (Å²) in [6.45, 7) is 0. The molecule has 0 N–H and O–H groups in total. The van der Waals surface area contributed by atoms with E-state index in [1.54, 1.807) is 0 Å². The minimum Gasteiger partial charge on any atom is -0.438 e. The van der Waals surface area contributed by atoms with Crippen LogP contribution in [0.4, 0.5) is 0 Å². The Morgan fingerprint density at radius 1 is 1.50 bits per heavy atom. The van der Waals surface area contributed by atoms with Crippen molar-refractivity contribution in [1.29, 1.82) is 0 Å². The van der Waals surface area contributed by atoms with Crippen molar-refractivity contribution >= 4 is 25.8 Å². The summed E-state index contributed by atoms with van der Waals surface area (Å²) in [5.74, 6) is 0. The number of furan rings is 1. The second-order valence-corrected chi connectivity index (χ2v) is 4.56. The van der Waals surface area contributed by atoms with Crippen molar-refractivity contribution in [2.75, 3.05) is 6.26 Å². The Bertz CT molecular complexity index is 324. The summed E-state index contributed by atoms with van der Waals surface area (Å²) in [6, 6.07) is 2.94. The van der Waals surface area contributed by atoms with Gasteiger partial charge < -0.3 is 4.42 Å². The van der Waals surface area contributed by atoms with E-state index in [2.05, 4.69) is 15.9 Å². The van der Waals surface area contributed by atoms with Gasteiger partial charge in [-0.15, -0.1) is 0 Å². The zero-order chi connectivity index (χ0) is 7.78. The van der Waals surface area contributed by atoms with Crippen LogP contribution in [-0.4, -0.2) is 14.7 Å². The quantitative estimate of drug-likeness (QED) is 0.726. The van der Waals surface area contributed by atoms with E-state index in [4.69, 9.17) is 4.42 Å². The molecule has 1 aromatic heterocycles. The van der Waals surface area contributed by atoms with Crippen LogP contribution in [0, 0.1) is 0 Å². The van der Waals surface area contributed by atoms with Crippen molar-refractivity contribution in [3.05, 3.63) is 16.8 Å². The van der Waals surface area contributed by atoms with Gasteiger partial charge in [-0.05, 0) is 28.1 Å². The Kier molecular flexibility index (Phi) is 1.87. The first-order valence-electron chi connectivity index (χ1n) is 2.45. The Morgan fingerprint density at radius 2 is 2.10 bits per heavy atom. The normalized spacial score (nSPS) is 11.8. The minimum absolute atomic E-state index is 0.0145. The van der Waals surface area contributed by atoms with E-state index in [0.29, 0.717) is 4.67 Å². The first kappa shape index (κ1) is 7.81. The van der Waals surface area contributed by atoms with Crippen molar-refractivity contribution < 1.29 is 12.8 Å². The van der Waals surface area contributed by atoms with Gasteiger partial charge in [0.25, 0.3) is 0 Å². The third-order valence-electron chi connectivity index (χ3n) is 0.914. The van der Waals surface area contributed by atoms with Crippen molar-refractivity contribution in [3.63, 3.8) is 0 Å². The van der Waals surface area contributed by atoms with Crippen LogP contribution in [0.3, 0.4) is 0 Å². The van der Waals surface area contributed by atoms with Crippen molar-refractivity contribution in [2.24, 2.45) is 0 Å². The van der Waals surface area contributed by atoms with Crippen LogP contribution in [-0.2, 0) is 9.84 Å². The summed E-state index contributed by atoms with van der Waals surface area (Å²) in [5.41, 5.74) is 0. The van der Waals surface area contributed by atoms with Gasteiger partial charge in [-0.1, -0.05) is 0 Å². The number of rotatable bonds is 1. The molecule has 0 saturated heterocycles. The van der Waals surface area contributed by atoms with E-state index in [1.165, 1.54) is 12.1 Å². The van der Waals surface area contributed by atoms with Crippen LogP contribution in [0.1, 0.15) is 0 Å². The summed E-state index contributed by atoms with van der Waals surface area (Å²) in [5, 5.41) is -0.0145. The summed E-state index contributed by atoms with van der Waals surface area (Å²) < 4.78 is 26.7. The van der Waals surface area contributed by atoms with E-state index < -0.39 is 9.84 Å². The van der Waals surface area contributed by atoms with Crippen molar-refractivity contribution in [3.8, 4) is 0 Å². The standard InChI is InChI=1S/C5H5BrO3S/c1-10(7,8)5-3-2-4(6)9-5/h2-3H,1H3. The maximum absolute atomic E-state index is 10.7. The predicted octanol–water partition coefficient (Wildman–Crippen LogP) is 1.45. The highest BCUT2D eigenvalue weighted by molar-refractivity contribution is 9.10. The molecular formula is C5H5BrO3S. The third-order valence-corrected chi connectivity index (χ3v) is 2.29. The van der Waals surface area contributed by atoms with Gasteiger partial charge in [-0.3, -0.25) is 0 Å². The van der Waals surface area contributed by atoms with Gasteiger partial charge in [-0.2, -0.15) is 0 Å². The smallest absolute Gasteiger partial charge is 0.219 e. The van der Waals surface area contributed by atoms with E-state index in [0.717, 1.165) is 6.26 Å². The molecule has 1 heterocycles. The highest BCUT2D eigenvalue weighted by atomic mass is 79.9. The molecule has 0 amide bonds. The molecule has 0 bridgehead atoms. The van der Waals surface area contributed by atoms with Gasteiger partial charge in [0.05, 0.1) is 0 Å². The largest absolute Gasteiger partial charge is 0.438 e. The lowest BCUT2D eigenvalue weighted by atomic mass is 10.7. The first-order chi connectivity index (χ1) is 4.50. The lowest BCUT2D eigenvalue weighted by Gasteiger charge is -1.87. The zero-order valence-corrected chi connectivity index (χ0v) is 7.57. The highest BCUT2D eigenvalue weighted by Gasteiger charge is 2.10. The summed E-state index contributed by atoms with van der Waals surface area (Å²) >= 11 is 2.99. The second kappa shape index (κ2) is 2.39. The zero-order valence-electron chi connectivity index (χ0n) is 5.17. The fourth-order valence-corrected chi connectivity index (χ4v) is 1.47. The monoisotopic (exact) mass is 224 g/mol. The topological polar surface area (TPSA) is 47.3 Å². The van der Waals surface area contributed by atoms with Crippen LogP contribution in [0.2, 0.25) is 0 Å². The molecule has 0 aromatic carbocycles. The lowest BCUT2D eigenvalue weighted by molar-refractivity contribution is 0.433. The first-order valence-corrected chi connectivity index (χ1v) is 5.14. The molecule has 0 aliphatic rings. The molecule has 56 valence electrons. The average molecular weight is 225 g/mol. The lowest BCUT2D eigenvalue weighted by Crippen LogP contribution is -1.93. The molecule has 0 radical (unpaired) electrons. The average Bonchev–Trinajstić information content (AvgIpc) is 2.11. The maximum atomic E-state index is 10.7. The Balaban J connectivity index is 3.21. The van der Waals surface area contributed by atoms with Gasteiger partial charge in [-0.25, -0.2) is 8.42 Å². The van der Waals surface area contributed by atoms with E-state index in [1.807, 2.05) is 0 Å². The van der Waals surface area contributed by atoms with E-state index >= 15 is 0 Å². The molecule has 3 nitrogen and oxygen atoms in total. The van der Waals surface area contributed by atoms with E-state index in [9.17, 15) is 8.42 Å². The third kappa shape index (κ3) is 1.60. The van der Waals surface area contributed by atoms with Gasteiger partial charge >= 0.3 is 0 Å². The van der Waals surface area contributed by atoms with Gasteiger partial charge in [0, 0.05) is 6.26 Å². The molecule has 0 aliphatic carbocycles. The summed E-state index contributed by atoms with van der Waals surface area (Å²) in [7, 11) is -3.18. The Labute approximate surface area is 67.1 Å². The van der Waals surface area contributed by atoms with Crippen molar-refractivity contribution in [1.82, 2.24) is 0 Å². The molecule has 0 saturated carbocycles. The molecular weight excluding hydrogens is 220 g/mol. The molecule has 10 heavy (non-hydrogen) atoms. The predicted molar refractivity (Wildman–Crippen MR) is 39.5 cm³/mol. The van der Waals surface area contributed by atoms with E-state index in [-0.39, 0.29) is 5.09 Å². The van der Waals surface area contributed by atoms with Crippen LogP contribution >= 0.6 is 15.9 Å². The SMILES string of the molecule is CS(=O)(=O)c1ccc(Br)o1. The molecule has 0 aliphatic heterocycles. The highest BCUT2D eigenvalue weighted by Crippen LogP contribution is 2.17. The number of hydrogen-bond donors (Lipinski definition) is 0. The van der Waals surface area contributed by atoms with Crippen LogP contribution in [0.15, 0.2) is 26.3 Å². The maximum Gasteiger partial charge on any atom is 0.219 e. The molecule has 1 rings (SSSR count). The molecule has 5 heteroatoms. The Morgan fingerprint density at radius 3 is 2.30 bits per heavy atom. The summed E-state index contributed by atoms with van der Waals surface area (Å²) in [4.78, 5) is 0. The minimum atomic E-state index is -3.18. The Hall–Kier alpha value is -0.290. The molecule has 0 unspecified atom stereocenters. The van der Waals surface area contributed by atoms with Gasteiger partial charge in [0.15, 0.2) is 4.67 Å². The fourth-order valence-electron chi connectivity index (χ4n) is 0.497. The van der Waals surface area contributed by atoms with Crippen molar-refractivity contribution in [2.45, 2.75) is 5.09 Å². The molecule has 0 atom stereocenters. The number of sulfone groups is 1.